The maximum Gasteiger partial charge on any atom is 0.263 e. The van der Waals surface area contributed by atoms with Crippen LogP contribution in [0, 0.1) is 5.82 Å². The molecule has 0 aliphatic rings. The number of ether oxygens (including phenoxy) is 1. The largest absolute Gasteiger partial charge is 0.480 e. The highest BCUT2D eigenvalue weighted by molar-refractivity contribution is 7.92. The summed E-state index contributed by atoms with van der Waals surface area (Å²) in [6.07, 6.45) is 4.86. The average Bonchev–Trinajstić information content (AvgIpc) is 2.83. The second-order valence-corrected chi connectivity index (χ2v) is 9.85. The van der Waals surface area contributed by atoms with Gasteiger partial charge < -0.3 is 4.74 Å². The zero-order valence-electron chi connectivity index (χ0n) is 19.0. The first-order valence-corrected chi connectivity index (χ1v) is 12.6. The third-order valence-electron chi connectivity index (χ3n) is 5.38. The molecule has 0 saturated carbocycles. The van der Waals surface area contributed by atoms with E-state index in [1.54, 1.807) is 29.1 Å². The third-order valence-corrected chi connectivity index (χ3v) is 7.23. The zero-order chi connectivity index (χ0) is 25.2. The molecule has 2 heterocycles. The van der Waals surface area contributed by atoms with Gasteiger partial charge in [0.25, 0.3) is 15.6 Å². The molecule has 35 heavy (non-hydrogen) atoms. The summed E-state index contributed by atoms with van der Waals surface area (Å²) < 4.78 is 48.5. The molecule has 4 aromatic rings. The highest BCUT2D eigenvalue weighted by Gasteiger charge is 2.21. The van der Waals surface area contributed by atoms with Crippen molar-refractivity contribution in [3.8, 4) is 17.0 Å². The van der Waals surface area contributed by atoms with Gasteiger partial charge in [-0.3, -0.25) is 14.1 Å². The fraction of sp³-hybridized carbons (Fsp3) is 0.208. The Hall–Kier alpha value is -3.50. The van der Waals surface area contributed by atoms with E-state index in [-0.39, 0.29) is 27.0 Å². The van der Waals surface area contributed by atoms with E-state index in [9.17, 15) is 17.6 Å². The van der Waals surface area contributed by atoms with Crippen molar-refractivity contribution >= 4 is 38.2 Å². The van der Waals surface area contributed by atoms with Gasteiger partial charge in [0, 0.05) is 18.3 Å². The van der Waals surface area contributed by atoms with Crippen molar-refractivity contribution in [1.29, 1.82) is 0 Å². The van der Waals surface area contributed by atoms with Crippen LogP contribution in [0.15, 0.2) is 64.7 Å². The summed E-state index contributed by atoms with van der Waals surface area (Å²) in [5.74, 6) is -0.630. The molecule has 1 N–H and O–H groups in total. The number of nitrogens with zero attached hydrogens (tertiary/aromatic N) is 3. The molecule has 182 valence electrons. The van der Waals surface area contributed by atoms with Crippen molar-refractivity contribution in [3.05, 3.63) is 76.2 Å². The Bertz CT molecular complexity index is 1570. The molecule has 0 radical (unpaired) electrons. The van der Waals surface area contributed by atoms with Gasteiger partial charge in [0.1, 0.15) is 16.4 Å². The van der Waals surface area contributed by atoms with Gasteiger partial charge in [-0.15, -0.1) is 0 Å². The molecule has 0 unspecified atom stereocenters. The van der Waals surface area contributed by atoms with Crippen LogP contribution in [0.4, 0.5) is 10.1 Å². The summed E-state index contributed by atoms with van der Waals surface area (Å²) in [6, 6.07) is 9.72. The molecular weight excluding hydrogens is 495 g/mol. The van der Waals surface area contributed by atoms with Gasteiger partial charge in [-0.1, -0.05) is 31.0 Å². The van der Waals surface area contributed by atoms with Gasteiger partial charge in [0.15, 0.2) is 0 Å². The Morgan fingerprint density at radius 1 is 1.11 bits per heavy atom. The quantitative estimate of drug-likeness (QED) is 0.359. The first-order valence-electron chi connectivity index (χ1n) is 10.7. The van der Waals surface area contributed by atoms with E-state index in [0.29, 0.717) is 28.6 Å². The van der Waals surface area contributed by atoms with Crippen LogP contribution < -0.4 is 15.0 Å². The number of nitrogens with one attached hydrogen (secondary N) is 1. The summed E-state index contributed by atoms with van der Waals surface area (Å²) in [5.41, 5.74) is 1.63. The minimum absolute atomic E-state index is 0.0277. The molecule has 4 rings (SSSR count). The molecule has 0 atom stereocenters. The summed E-state index contributed by atoms with van der Waals surface area (Å²) in [5, 5.41) is 0.180. The molecular formula is C24H22ClFN4O4S. The van der Waals surface area contributed by atoms with E-state index < -0.39 is 15.8 Å². The van der Waals surface area contributed by atoms with Crippen LogP contribution in [0.2, 0.25) is 5.02 Å². The number of halogens is 2. The van der Waals surface area contributed by atoms with Crippen LogP contribution in [0.1, 0.15) is 19.8 Å². The van der Waals surface area contributed by atoms with Gasteiger partial charge in [-0.25, -0.2) is 22.8 Å². The van der Waals surface area contributed by atoms with Crippen molar-refractivity contribution in [2.24, 2.45) is 0 Å². The number of sulfonamides is 1. The lowest BCUT2D eigenvalue weighted by molar-refractivity contribution is 0.400. The fourth-order valence-corrected chi connectivity index (χ4v) is 5.15. The van der Waals surface area contributed by atoms with Crippen LogP contribution in [-0.4, -0.2) is 30.1 Å². The summed E-state index contributed by atoms with van der Waals surface area (Å²) in [7, 11) is -2.83. The van der Waals surface area contributed by atoms with Crippen LogP contribution in [0.5, 0.6) is 5.88 Å². The van der Waals surface area contributed by atoms with Gasteiger partial charge in [-0.2, -0.15) is 0 Å². The molecule has 11 heteroatoms. The molecule has 0 aliphatic heterocycles. The number of methoxy groups -OCH3 is 1. The Kier molecular flexibility index (Phi) is 7.04. The van der Waals surface area contributed by atoms with Crippen molar-refractivity contribution < 1.29 is 17.5 Å². The van der Waals surface area contributed by atoms with Crippen molar-refractivity contribution in [2.75, 3.05) is 11.8 Å². The number of rotatable bonds is 8. The van der Waals surface area contributed by atoms with E-state index >= 15 is 0 Å². The predicted octanol–water partition coefficient (Wildman–Crippen LogP) is 4.86. The maximum atomic E-state index is 13.4. The Morgan fingerprint density at radius 2 is 1.91 bits per heavy atom. The predicted molar refractivity (Wildman–Crippen MR) is 133 cm³/mol. The summed E-state index contributed by atoms with van der Waals surface area (Å²) in [4.78, 5) is 21.2. The average molecular weight is 517 g/mol. The van der Waals surface area contributed by atoms with Crippen LogP contribution >= 0.6 is 11.6 Å². The third kappa shape index (κ3) is 5.13. The lowest BCUT2D eigenvalue weighted by Crippen LogP contribution is -2.20. The number of aryl methyl sites for hydroxylation is 1. The SMILES string of the molecule is CCCCn1cnc2ccc(-c3cnc(OC)c(NS(=O)(=O)c4ccc(F)cc4Cl)c3)cc2c1=O. The second-order valence-electron chi connectivity index (χ2n) is 7.79. The van der Waals surface area contributed by atoms with Gasteiger partial charge in [-0.05, 0) is 48.4 Å². The van der Waals surface area contributed by atoms with Gasteiger partial charge in [0.2, 0.25) is 5.88 Å². The molecule has 0 amide bonds. The topological polar surface area (TPSA) is 103 Å². The van der Waals surface area contributed by atoms with E-state index in [1.807, 2.05) is 6.92 Å². The highest BCUT2D eigenvalue weighted by Crippen LogP contribution is 2.32. The smallest absolute Gasteiger partial charge is 0.263 e. The molecule has 0 spiro atoms. The minimum atomic E-state index is -4.18. The Morgan fingerprint density at radius 3 is 2.63 bits per heavy atom. The Labute approximate surface area is 206 Å². The molecule has 2 aromatic heterocycles. The highest BCUT2D eigenvalue weighted by atomic mass is 35.5. The molecule has 8 nitrogen and oxygen atoms in total. The van der Waals surface area contributed by atoms with Crippen molar-refractivity contribution in [1.82, 2.24) is 14.5 Å². The number of benzene rings is 2. The number of hydrogen-bond acceptors (Lipinski definition) is 6. The monoisotopic (exact) mass is 516 g/mol. The number of anilines is 1. The second kappa shape index (κ2) is 10.0. The summed E-state index contributed by atoms with van der Waals surface area (Å²) in [6.45, 7) is 2.62. The zero-order valence-corrected chi connectivity index (χ0v) is 20.5. The number of hydrogen-bond donors (Lipinski definition) is 1. The molecule has 0 fully saturated rings. The number of pyridine rings is 1. The van der Waals surface area contributed by atoms with Crippen LogP contribution in [-0.2, 0) is 16.6 Å². The van der Waals surface area contributed by atoms with Crippen LogP contribution in [0.25, 0.3) is 22.0 Å². The van der Waals surface area contributed by atoms with Gasteiger partial charge in [0.05, 0.1) is 29.4 Å². The first-order chi connectivity index (χ1) is 16.7. The number of unbranched alkanes of at least 4 members (excludes halogenated alkanes) is 1. The van der Waals surface area contributed by atoms with Crippen molar-refractivity contribution in [2.45, 2.75) is 31.2 Å². The lowest BCUT2D eigenvalue weighted by Gasteiger charge is -2.14. The molecule has 0 bridgehead atoms. The molecule has 0 saturated heterocycles. The van der Waals surface area contributed by atoms with E-state index in [2.05, 4.69) is 14.7 Å². The first kappa shape index (κ1) is 24.6. The maximum absolute atomic E-state index is 13.4. The standard InChI is InChI=1S/C24H22ClFN4O4S/c1-3-4-9-30-14-28-20-7-5-15(10-18(20)24(30)31)16-11-21(23(34-2)27-13-16)29-35(32,33)22-8-6-17(26)12-19(22)25/h5-8,10-14,29H,3-4,9H2,1-2H3. The van der Waals surface area contributed by atoms with E-state index in [1.165, 1.54) is 19.4 Å². The normalized spacial score (nSPS) is 11.5. The minimum Gasteiger partial charge on any atom is -0.480 e. The van der Waals surface area contributed by atoms with Crippen LogP contribution in [0.3, 0.4) is 0 Å². The van der Waals surface area contributed by atoms with E-state index in [4.69, 9.17) is 16.3 Å². The number of fused-ring (bicyclic) bond motifs is 1. The fourth-order valence-electron chi connectivity index (χ4n) is 3.57. The number of aromatic nitrogens is 3. The van der Waals surface area contributed by atoms with Gasteiger partial charge >= 0.3 is 0 Å². The molecule has 2 aromatic carbocycles. The Balaban J connectivity index is 1.75. The lowest BCUT2D eigenvalue weighted by atomic mass is 10.1. The summed E-state index contributed by atoms with van der Waals surface area (Å²) >= 11 is 5.95. The van der Waals surface area contributed by atoms with E-state index in [0.717, 1.165) is 31.0 Å². The molecule has 0 aliphatic carbocycles. The van der Waals surface area contributed by atoms with Crippen molar-refractivity contribution in [3.63, 3.8) is 0 Å².